The van der Waals surface area contributed by atoms with Crippen molar-refractivity contribution in [3.8, 4) is 0 Å². The second kappa shape index (κ2) is 5.82. The smallest absolute Gasteiger partial charge is 0.146 e. The molecule has 0 saturated heterocycles. The van der Waals surface area contributed by atoms with Crippen molar-refractivity contribution >= 4 is 5.69 Å². The zero-order valence-electron chi connectivity index (χ0n) is 9.78. The number of aliphatic hydroxyl groups excluding tert-OH is 1. The summed E-state index contributed by atoms with van der Waals surface area (Å²) in [5.74, 6) is -0.268. The molecule has 90 valence electrons. The minimum atomic E-state index is -0.367. The maximum Gasteiger partial charge on any atom is 0.146 e. The Bertz CT molecular complexity index is 342. The highest BCUT2D eigenvalue weighted by molar-refractivity contribution is 5.48. The van der Waals surface area contributed by atoms with Crippen molar-refractivity contribution in [1.29, 1.82) is 0 Å². The van der Waals surface area contributed by atoms with Crippen LogP contribution in [0.4, 0.5) is 10.1 Å². The highest BCUT2D eigenvalue weighted by Crippen LogP contribution is 2.19. The van der Waals surface area contributed by atoms with E-state index in [1.54, 1.807) is 17.9 Å². The molecule has 1 rings (SSSR count). The Kier molecular flexibility index (Phi) is 4.71. The SMILES string of the molecule is CC(O)CCN(C)c1ccc(CN)cc1F. The quantitative estimate of drug-likeness (QED) is 0.799. The number of rotatable bonds is 5. The van der Waals surface area contributed by atoms with E-state index in [9.17, 15) is 4.39 Å². The van der Waals surface area contributed by atoms with Gasteiger partial charge in [0.05, 0.1) is 11.8 Å². The van der Waals surface area contributed by atoms with Gasteiger partial charge >= 0.3 is 0 Å². The average Bonchev–Trinajstić information content (AvgIpc) is 2.25. The molecule has 0 radical (unpaired) electrons. The van der Waals surface area contributed by atoms with E-state index in [-0.39, 0.29) is 11.9 Å². The molecule has 0 spiro atoms. The summed E-state index contributed by atoms with van der Waals surface area (Å²) < 4.78 is 13.7. The van der Waals surface area contributed by atoms with Crippen molar-refractivity contribution in [2.45, 2.75) is 26.0 Å². The van der Waals surface area contributed by atoms with Gasteiger partial charge in [-0.05, 0) is 31.0 Å². The predicted molar refractivity (Wildman–Crippen MR) is 63.9 cm³/mol. The van der Waals surface area contributed by atoms with Gasteiger partial charge in [0.25, 0.3) is 0 Å². The fourth-order valence-electron chi connectivity index (χ4n) is 1.49. The zero-order chi connectivity index (χ0) is 12.1. The summed E-state index contributed by atoms with van der Waals surface area (Å²) in [6.45, 7) is 2.69. The number of benzene rings is 1. The molecule has 1 aromatic carbocycles. The Morgan fingerprint density at radius 3 is 2.69 bits per heavy atom. The van der Waals surface area contributed by atoms with Gasteiger partial charge in [-0.2, -0.15) is 0 Å². The number of nitrogens with zero attached hydrogens (tertiary/aromatic N) is 1. The third-order valence-electron chi connectivity index (χ3n) is 2.54. The lowest BCUT2D eigenvalue weighted by atomic mass is 10.2. The van der Waals surface area contributed by atoms with Crippen LogP contribution < -0.4 is 10.6 Å². The molecule has 0 aliphatic carbocycles. The normalized spacial score (nSPS) is 12.6. The Labute approximate surface area is 95.7 Å². The minimum Gasteiger partial charge on any atom is -0.393 e. The Balaban J connectivity index is 2.71. The van der Waals surface area contributed by atoms with Crippen molar-refractivity contribution in [3.05, 3.63) is 29.6 Å². The molecule has 1 atom stereocenters. The monoisotopic (exact) mass is 226 g/mol. The molecule has 16 heavy (non-hydrogen) atoms. The van der Waals surface area contributed by atoms with Crippen molar-refractivity contribution in [3.63, 3.8) is 0 Å². The van der Waals surface area contributed by atoms with E-state index in [0.717, 1.165) is 5.56 Å². The molecular formula is C12H19FN2O. The Morgan fingerprint density at radius 2 is 2.19 bits per heavy atom. The highest BCUT2D eigenvalue weighted by Gasteiger charge is 2.08. The topological polar surface area (TPSA) is 49.5 Å². The molecule has 0 bridgehead atoms. The average molecular weight is 226 g/mol. The molecule has 3 nitrogen and oxygen atoms in total. The van der Waals surface area contributed by atoms with Gasteiger partial charge in [-0.25, -0.2) is 4.39 Å². The van der Waals surface area contributed by atoms with Crippen LogP contribution in [-0.2, 0) is 6.54 Å². The maximum absolute atomic E-state index is 13.7. The van der Waals surface area contributed by atoms with Crippen LogP contribution in [0.15, 0.2) is 18.2 Å². The Hall–Kier alpha value is -1.13. The largest absolute Gasteiger partial charge is 0.393 e. The van der Waals surface area contributed by atoms with E-state index >= 15 is 0 Å². The molecule has 0 aliphatic heterocycles. The maximum atomic E-state index is 13.7. The first kappa shape index (κ1) is 12.9. The van der Waals surface area contributed by atoms with Gasteiger partial charge < -0.3 is 15.7 Å². The standard InChI is InChI=1S/C12H19FN2O/c1-9(16)5-6-15(2)12-4-3-10(8-14)7-11(12)13/h3-4,7,9,16H,5-6,8,14H2,1-2H3. The van der Waals surface area contributed by atoms with Crippen LogP contribution in [0.2, 0.25) is 0 Å². The molecule has 0 fully saturated rings. The first-order chi connectivity index (χ1) is 7.54. The summed E-state index contributed by atoms with van der Waals surface area (Å²) in [6.07, 6.45) is 0.253. The van der Waals surface area contributed by atoms with Crippen molar-refractivity contribution in [2.24, 2.45) is 5.73 Å². The third kappa shape index (κ3) is 3.47. The molecule has 0 aromatic heterocycles. The van der Waals surface area contributed by atoms with Crippen molar-refractivity contribution < 1.29 is 9.50 Å². The highest BCUT2D eigenvalue weighted by atomic mass is 19.1. The summed E-state index contributed by atoms with van der Waals surface area (Å²) in [6, 6.07) is 4.99. The number of aliphatic hydroxyl groups is 1. The fourth-order valence-corrected chi connectivity index (χ4v) is 1.49. The fraction of sp³-hybridized carbons (Fsp3) is 0.500. The predicted octanol–water partition coefficient (Wildman–Crippen LogP) is 1.49. The molecule has 1 unspecified atom stereocenters. The van der Waals surface area contributed by atoms with E-state index in [4.69, 9.17) is 10.8 Å². The first-order valence-electron chi connectivity index (χ1n) is 5.42. The molecular weight excluding hydrogens is 207 g/mol. The van der Waals surface area contributed by atoms with Crippen LogP contribution in [0, 0.1) is 5.82 Å². The van der Waals surface area contributed by atoms with E-state index < -0.39 is 0 Å². The van der Waals surface area contributed by atoms with Crippen LogP contribution in [0.3, 0.4) is 0 Å². The molecule has 1 aromatic rings. The van der Waals surface area contributed by atoms with Gasteiger partial charge in [-0.1, -0.05) is 6.07 Å². The lowest BCUT2D eigenvalue weighted by Gasteiger charge is -2.21. The minimum absolute atomic E-state index is 0.268. The molecule has 0 amide bonds. The van der Waals surface area contributed by atoms with E-state index in [1.165, 1.54) is 6.07 Å². The summed E-state index contributed by atoms with van der Waals surface area (Å²) >= 11 is 0. The van der Waals surface area contributed by atoms with Crippen LogP contribution in [0.25, 0.3) is 0 Å². The number of halogens is 1. The van der Waals surface area contributed by atoms with Crippen molar-refractivity contribution in [2.75, 3.05) is 18.5 Å². The second-order valence-corrected chi connectivity index (χ2v) is 4.05. The second-order valence-electron chi connectivity index (χ2n) is 4.05. The van der Waals surface area contributed by atoms with Gasteiger partial charge in [0.1, 0.15) is 5.82 Å². The molecule has 0 heterocycles. The number of hydrogen-bond acceptors (Lipinski definition) is 3. The lowest BCUT2D eigenvalue weighted by Crippen LogP contribution is -2.22. The van der Waals surface area contributed by atoms with Crippen LogP contribution in [0.5, 0.6) is 0 Å². The van der Waals surface area contributed by atoms with Gasteiger partial charge in [-0.15, -0.1) is 0 Å². The van der Waals surface area contributed by atoms with Crippen LogP contribution in [0.1, 0.15) is 18.9 Å². The molecule has 4 heteroatoms. The molecule has 0 saturated carbocycles. The molecule has 0 aliphatic rings. The van der Waals surface area contributed by atoms with E-state index in [1.807, 2.05) is 13.1 Å². The molecule has 3 N–H and O–H groups in total. The number of anilines is 1. The lowest BCUT2D eigenvalue weighted by molar-refractivity contribution is 0.187. The number of nitrogens with two attached hydrogens (primary N) is 1. The summed E-state index contributed by atoms with van der Waals surface area (Å²) in [5, 5.41) is 9.16. The van der Waals surface area contributed by atoms with Gasteiger partial charge in [0, 0.05) is 20.1 Å². The zero-order valence-corrected chi connectivity index (χ0v) is 9.78. The summed E-state index contributed by atoms with van der Waals surface area (Å²) in [5.41, 5.74) is 6.75. The van der Waals surface area contributed by atoms with Crippen LogP contribution in [-0.4, -0.2) is 24.8 Å². The number of hydrogen-bond donors (Lipinski definition) is 2. The van der Waals surface area contributed by atoms with Crippen LogP contribution >= 0.6 is 0 Å². The third-order valence-corrected chi connectivity index (χ3v) is 2.54. The van der Waals surface area contributed by atoms with E-state index in [2.05, 4.69) is 0 Å². The van der Waals surface area contributed by atoms with Gasteiger partial charge in [0.2, 0.25) is 0 Å². The summed E-state index contributed by atoms with van der Waals surface area (Å²) in [4.78, 5) is 1.79. The van der Waals surface area contributed by atoms with E-state index in [0.29, 0.717) is 25.2 Å². The Morgan fingerprint density at radius 1 is 1.50 bits per heavy atom. The van der Waals surface area contributed by atoms with Gasteiger partial charge in [0.15, 0.2) is 0 Å². The van der Waals surface area contributed by atoms with Crippen molar-refractivity contribution in [1.82, 2.24) is 0 Å². The van der Waals surface area contributed by atoms with Gasteiger partial charge in [-0.3, -0.25) is 0 Å². The summed E-state index contributed by atoms with van der Waals surface area (Å²) in [7, 11) is 1.81. The first-order valence-corrected chi connectivity index (χ1v) is 5.42.